The number of fused-ring (bicyclic) bond motifs is 5. The molecule has 4 saturated carbocycles. The van der Waals surface area contributed by atoms with Crippen molar-refractivity contribution < 1.29 is 20.1 Å². The second kappa shape index (κ2) is 8.73. The minimum atomic E-state index is -0.707. The van der Waals surface area contributed by atoms with Crippen molar-refractivity contribution in [3.05, 3.63) is 0 Å². The van der Waals surface area contributed by atoms with Crippen molar-refractivity contribution >= 4 is 35.5 Å². The summed E-state index contributed by atoms with van der Waals surface area (Å²) in [6.07, 6.45) is 9.26. The molecule has 0 bridgehead atoms. The van der Waals surface area contributed by atoms with Gasteiger partial charge >= 0.3 is 5.97 Å². The van der Waals surface area contributed by atoms with E-state index in [0.29, 0.717) is 35.5 Å². The van der Waals surface area contributed by atoms with Crippen molar-refractivity contribution in [3.63, 3.8) is 0 Å². The van der Waals surface area contributed by atoms with Crippen LogP contribution in [0, 0.1) is 46.3 Å². The third kappa shape index (κ3) is 3.88. The van der Waals surface area contributed by atoms with E-state index in [1.807, 2.05) is 0 Å². The molecule has 161 valence electrons. The van der Waals surface area contributed by atoms with E-state index in [1.54, 1.807) is 0 Å². The van der Waals surface area contributed by atoms with E-state index in [-0.39, 0.29) is 59.0 Å². The van der Waals surface area contributed by atoms with E-state index in [0.717, 1.165) is 38.5 Å². The summed E-state index contributed by atoms with van der Waals surface area (Å²) in [4.78, 5) is 11.1. The Kier molecular flexibility index (Phi) is 7.24. The second-order valence-electron chi connectivity index (χ2n) is 11.3. The molecule has 1 radical (unpaired) electrons. The van der Waals surface area contributed by atoms with E-state index < -0.39 is 5.97 Å². The Morgan fingerprint density at radius 2 is 1.76 bits per heavy atom. The molecule has 3 N–H and O–H groups in total. The fraction of sp³-hybridized carbons (Fsp3) is 0.958. The summed E-state index contributed by atoms with van der Waals surface area (Å²) in [6, 6.07) is 0. The van der Waals surface area contributed by atoms with Gasteiger partial charge in [-0.1, -0.05) is 20.8 Å². The minimum Gasteiger partial charge on any atom is -0.481 e. The molecular weight excluding hydrogens is 375 g/mol. The van der Waals surface area contributed by atoms with Crippen LogP contribution in [-0.4, -0.2) is 63.1 Å². The monoisotopic (exact) mass is 415 g/mol. The zero-order chi connectivity index (χ0) is 20.3. The van der Waals surface area contributed by atoms with Crippen molar-refractivity contribution in [3.8, 4) is 0 Å². The number of carboxylic acids is 1. The molecule has 0 saturated heterocycles. The van der Waals surface area contributed by atoms with Crippen molar-refractivity contribution in [1.82, 2.24) is 0 Å². The Bertz CT molecular complexity index is 612. The summed E-state index contributed by atoms with van der Waals surface area (Å²) in [6.45, 7) is 6.99. The second-order valence-corrected chi connectivity index (χ2v) is 11.3. The quantitative estimate of drug-likeness (QED) is 0.604. The molecule has 0 aliphatic heterocycles. The molecule has 0 aromatic heterocycles. The smallest absolute Gasteiger partial charge is 0.303 e. The Hall–Kier alpha value is 0.390. The van der Waals surface area contributed by atoms with Gasteiger partial charge in [-0.3, -0.25) is 4.79 Å². The predicted molar refractivity (Wildman–Crippen MR) is 114 cm³/mol. The van der Waals surface area contributed by atoms with E-state index in [2.05, 4.69) is 20.8 Å². The van der Waals surface area contributed by atoms with Gasteiger partial charge < -0.3 is 15.3 Å². The Morgan fingerprint density at radius 3 is 2.45 bits per heavy atom. The molecule has 4 aliphatic carbocycles. The number of carbonyl (C=O) groups is 1. The topological polar surface area (TPSA) is 77.8 Å². The standard InChI is InChI=1S/C24H40O4.Na/c1-14(4-9-22(27)28)18-7-8-19-17-6-5-15-12-16(25)10-11-23(15,2)20(17)13-21(26)24(18,19)3;/h14-21,25-26H,4-13H2,1-3H3,(H,27,28);/t14-,15-,16-,17+,18-,19+,20+,21+,23+,24-;/m1./s1. The maximum Gasteiger partial charge on any atom is 0.303 e. The first-order valence-corrected chi connectivity index (χ1v) is 11.8. The fourth-order valence-corrected chi connectivity index (χ4v) is 8.71. The van der Waals surface area contributed by atoms with Gasteiger partial charge in [0, 0.05) is 36.0 Å². The Balaban J connectivity index is 0.00000240. The Morgan fingerprint density at radius 1 is 1.03 bits per heavy atom. The van der Waals surface area contributed by atoms with Gasteiger partial charge in [-0.15, -0.1) is 0 Å². The van der Waals surface area contributed by atoms with Crippen molar-refractivity contribution in [2.24, 2.45) is 46.3 Å². The third-order valence-corrected chi connectivity index (χ3v) is 10.3. The zero-order valence-corrected chi connectivity index (χ0v) is 20.9. The van der Waals surface area contributed by atoms with E-state index in [4.69, 9.17) is 5.11 Å². The number of carboxylic acid groups (broad SMARTS) is 1. The molecule has 0 heterocycles. The van der Waals surface area contributed by atoms with Gasteiger partial charge in [-0.25, -0.2) is 0 Å². The first kappa shape index (κ1) is 24.0. The maximum atomic E-state index is 11.5. The molecule has 4 fully saturated rings. The van der Waals surface area contributed by atoms with Crippen LogP contribution in [0.25, 0.3) is 0 Å². The van der Waals surface area contributed by atoms with Crippen LogP contribution in [-0.2, 0) is 4.79 Å². The van der Waals surface area contributed by atoms with Gasteiger partial charge in [-0.05, 0) is 104 Å². The number of hydrogen-bond donors (Lipinski definition) is 3. The Labute approximate surface area is 198 Å². The first-order valence-electron chi connectivity index (χ1n) is 11.8. The van der Waals surface area contributed by atoms with E-state index >= 15 is 0 Å². The number of rotatable bonds is 4. The van der Waals surface area contributed by atoms with Crippen molar-refractivity contribution in [2.75, 3.05) is 0 Å². The van der Waals surface area contributed by atoms with Gasteiger partial charge in [0.15, 0.2) is 0 Å². The molecule has 4 aliphatic rings. The van der Waals surface area contributed by atoms with Gasteiger partial charge in [0.2, 0.25) is 0 Å². The number of aliphatic carboxylic acids is 1. The molecule has 0 unspecified atom stereocenters. The molecular formula is C24H40NaO4. The van der Waals surface area contributed by atoms with Crippen LogP contribution in [0.5, 0.6) is 0 Å². The molecule has 5 heteroatoms. The molecule has 4 nitrogen and oxygen atoms in total. The van der Waals surface area contributed by atoms with Crippen LogP contribution in [0.15, 0.2) is 0 Å². The van der Waals surface area contributed by atoms with E-state index in [9.17, 15) is 15.0 Å². The van der Waals surface area contributed by atoms with E-state index in [1.165, 1.54) is 19.3 Å². The van der Waals surface area contributed by atoms with Crippen molar-refractivity contribution in [2.45, 2.75) is 97.2 Å². The van der Waals surface area contributed by atoms with Gasteiger partial charge in [0.1, 0.15) is 0 Å². The summed E-state index contributed by atoms with van der Waals surface area (Å²) in [7, 11) is 0. The van der Waals surface area contributed by atoms with Crippen LogP contribution in [0.3, 0.4) is 0 Å². The SMILES string of the molecule is C[C@H](CCC(=O)O)[C@H]1CC[C@H]2[C@@H]3CC[C@@H]4C[C@H](O)CC[C@]4(C)[C@H]3C[C@H](O)[C@]12C.[Na]. The maximum absolute atomic E-state index is 11.5. The molecule has 0 aromatic carbocycles. The number of aliphatic hydroxyl groups excluding tert-OH is 2. The summed E-state index contributed by atoms with van der Waals surface area (Å²) in [5.41, 5.74) is 0.216. The number of hydrogen-bond acceptors (Lipinski definition) is 3. The van der Waals surface area contributed by atoms with Crippen LogP contribution in [0.4, 0.5) is 0 Å². The molecule has 29 heavy (non-hydrogen) atoms. The zero-order valence-electron chi connectivity index (χ0n) is 18.9. The first-order chi connectivity index (χ1) is 13.2. The summed E-state index contributed by atoms with van der Waals surface area (Å²) in [5, 5.41) is 30.8. The molecule has 0 spiro atoms. The van der Waals surface area contributed by atoms with Crippen LogP contribution >= 0.6 is 0 Å². The molecule has 0 amide bonds. The predicted octanol–water partition coefficient (Wildman–Crippen LogP) is 4.10. The van der Waals surface area contributed by atoms with Gasteiger partial charge in [-0.2, -0.15) is 0 Å². The van der Waals surface area contributed by atoms with Crippen LogP contribution in [0.2, 0.25) is 0 Å². The number of aliphatic hydroxyl groups is 2. The molecule has 0 aromatic rings. The molecule has 10 atom stereocenters. The average molecular weight is 416 g/mol. The normalized spacial score (nSPS) is 49.9. The van der Waals surface area contributed by atoms with Gasteiger partial charge in [0.05, 0.1) is 12.2 Å². The van der Waals surface area contributed by atoms with Crippen molar-refractivity contribution in [1.29, 1.82) is 0 Å². The fourth-order valence-electron chi connectivity index (χ4n) is 8.71. The minimum absolute atomic E-state index is 0. The largest absolute Gasteiger partial charge is 0.481 e. The van der Waals surface area contributed by atoms with Crippen LogP contribution in [0.1, 0.15) is 85.0 Å². The third-order valence-electron chi connectivity index (χ3n) is 10.3. The summed E-state index contributed by atoms with van der Waals surface area (Å²) >= 11 is 0. The van der Waals surface area contributed by atoms with Crippen LogP contribution < -0.4 is 0 Å². The molecule has 4 rings (SSSR count). The summed E-state index contributed by atoms with van der Waals surface area (Å²) < 4.78 is 0. The average Bonchev–Trinajstić information content (AvgIpc) is 3.00. The summed E-state index contributed by atoms with van der Waals surface area (Å²) in [5.74, 6) is 2.55. The van der Waals surface area contributed by atoms with Gasteiger partial charge in [0.25, 0.3) is 0 Å².